The summed E-state index contributed by atoms with van der Waals surface area (Å²) in [4.78, 5) is 29.7. The SMILES string of the molecule is O=C(O[C@H]1CCN2C[C@H]3C[C@H](CN4C(=O)CCC[C@H]34)[C@@H]2C1)c1ccccc1. The van der Waals surface area contributed by atoms with E-state index in [1.165, 1.54) is 12.8 Å². The molecule has 5 heteroatoms. The Hall–Kier alpha value is -1.88. The summed E-state index contributed by atoms with van der Waals surface area (Å²) >= 11 is 0. The lowest BCUT2D eigenvalue weighted by Gasteiger charge is -2.57. The first-order valence-electron chi connectivity index (χ1n) is 10.5. The lowest BCUT2D eigenvalue weighted by molar-refractivity contribution is -0.150. The maximum absolute atomic E-state index is 12.4. The van der Waals surface area contributed by atoms with Crippen LogP contribution in [0.3, 0.4) is 0 Å². The Morgan fingerprint density at radius 3 is 2.67 bits per heavy atom. The molecular weight excluding hydrogens is 340 g/mol. The molecule has 5 atom stereocenters. The predicted octanol–water partition coefficient (Wildman–Crippen LogP) is 2.71. The molecule has 0 saturated carbocycles. The van der Waals surface area contributed by atoms with Crippen LogP contribution in [0.25, 0.3) is 0 Å². The zero-order chi connectivity index (χ0) is 18.4. The number of esters is 1. The van der Waals surface area contributed by atoms with E-state index in [0.717, 1.165) is 45.3 Å². The predicted molar refractivity (Wildman–Crippen MR) is 101 cm³/mol. The van der Waals surface area contributed by atoms with Crippen LogP contribution in [0.15, 0.2) is 30.3 Å². The van der Waals surface area contributed by atoms with Gasteiger partial charge in [-0.3, -0.25) is 9.69 Å². The lowest BCUT2D eigenvalue weighted by atomic mass is 9.70. The zero-order valence-electron chi connectivity index (χ0n) is 15.8. The van der Waals surface area contributed by atoms with Crippen LogP contribution in [0.2, 0.25) is 0 Å². The fourth-order valence-corrected chi connectivity index (χ4v) is 5.95. The number of hydrogen-bond acceptors (Lipinski definition) is 4. The Balaban J connectivity index is 1.27. The van der Waals surface area contributed by atoms with Gasteiger partial charge in [0.1, 0.15) is 6.10 Å². The number of carbonyl (C=O) groups is 2. The van der Waals surface area contributed by atoms with Crippen molar-refractivity contribution in [2.75, 3.05) is 19.6 Å². The van der Waals surface area contributed by atoms with Crippen molar-refractivity contribution in [3.8, 4) is 0 Å². The first-order chi connectivity index (χ1) is 13.2. The average Bonchev–Trinajstić information content (AvgIpc) is 2.70. The third-order valence-corrected chi connectivity index (χ3v) is 7.20. The van der Waals surface area contributed by atoms with Gasteiger partial charge >= 0.3 is 5.97 Å². The van der Waals surface area contributed by atoms with E-state index in [2.05, 4.69) is 9.80 Å². The second-order valence-electron chi connectivity index (χ2n) is 8.74. The van der Waals surface area contributed by atoms with Gasteiger partial charge in [0.15, 0.2) is 0 Å². The van der Waals surface area contributed by atoms with E-state index in [1.54, 1.807) is 0 Å². The van der Waals surface area contributed by atoms with Crippen LogP contribution in [0.4, 0.5) is 0 Å². The lowest BCUT2D eigenvalue weighted by Crippen LogP contribution is -2.65. The van der Waals surface area contributed by atoms with E-state index in [-0.39, 0.29) is 12.1 Å². The van der Waals surface area contributed by atoms with E-state index in [9.17, 15) is 9.59 Å². The van der Waals surface area contributed by atoms with Crippen molar-refractivity contribution >= 4 is 11.9 Å². The molecule has 4 heterocycles. The largest absolute Gasteiger partial charge is 0.459 e. The second-order valence-corrected chi connectivity index (χ2v) is 8.74. The molecule has 5 nitrogen and oxygen atoms in total. The second kappa shape index (κ2) is 6.93. The van der Waals surface area contributed by atoms with Crippen LogP contribution in [0.5, 0.6) is 0 Å². The van der Waals surface area contributed by atoms with Crippen molar-refractivity contribution in [2.45, 2.75) is 56.7 Å². The smallest absolute Gasteiger partial charge is 0.338 e. The van der Waals surface area contributed by atoms with E-state index < -0.39 is 0 Å². The summed E-state index contributed by atoms with van der Waals surface area (Å²) in [6, 6.07) is 10.2. The van der Waals surface area contributed by atoms with Crippen molar-refractivity contribution in [2.24, 2.45) is 11.8 Å². The van der Waals surface area contributed by atoms with Crippen molar-refractivity contribution in [1.29, 1.82) is 0 Å². The summed E-state index contributed by atoms with van der Waals surface area (Å²) in [5.41, 5.74) is 0.628. The Labute approximate surface area is 160 Å². The Morgan fingerprint density at radius 2 is 1.81 bits per heavy atom. The van der Waals surface area contributed by atoms with Gasteiger partial charge in [-0.25, -0.2) is 4.79 Å². The van der Waals surface area contributed by atoms with Gasteiger partial charge in [0.25, 0.3) is 0 Å². The molecule has 1 aromatic rings. The highest BCUT2D eigenvalue weighted by molar-refractivity contribution is 5.89. The standard InChI is InChI=1S/C22H28N2O3/c25-21-8-4-7-19-16-11-17(14-24(19)21)20-12-18(9-10-23(20)13-16)27-22(26)15-5-2-1-3-6-15/h1-3,5-6,16-20H,4,7-14H2/t16-,17-,18+,19-,20+/m1/s1. The number of carbonyl (C=O) groups excluding carboxylic acids is 2. The average molecular weight is 368 g/mol. The minimum Gasteiger partial charge on any atom is -0.459 e. The number of rotatable bonds is 2. The molecule has 0 aromatic heterocycles. The third kappa shape index (κ3) is 3.16. The van der Waals surface area contributed by atoms with Crippen LogP contribution in [0, 0.1) is 11.8 Å². The van der Waals surface area contributed by atoms with Crippen molar-refractivity contribution in [3.63, 3.8) is 0 Å². The molecule has 4 saturated heterocycles. The maximum Gasteiger partial charge on any atom is 0.338 e. The topological polar surface area (TPSA) is 49.9 Å². The van der Waals surface area contributed by atoms with Gasteiger partial charge in [0.05, 0.1) is 5.56 Å². The van der Waals surface area contributed by atoms with Crippen molar-refractivity contribution < 1.29 is 14.3 Å². The molecule has 1 aromatic carbocycles. The fraction of sp³-hybridized carbons (Fsp3) is 0.636. The monoisotopic (exact) mass is 368 g/mol. The molecule has 0 radical (unpaired) electrons. The van der Waals surface area contributed by atoms with Crippen LogP contribution in [0.1, 0.15) is 48.9 Å². The molecule has 4 aliphatic heterocycles. The number of piperidine rings is 4. The molecule has 0 unspecified atom stereocenters. The fourth-order valence-electron chi connectivity index (χ4n) is 5.95. The Morgan fingerprint density at radius 1 is 1.00 bits per heavy atom. The van der Waals surface area contributed by atoms with E-state index in [0.29, 0.717) is 35.4 Å². The van der Waals surface area contributed by atoms with Crippen molar-refractivity contribution in [1.82, 2.24) is 9.80 Å². The van der Waals surface area contributed by atoms with E-state index in [1.807, 2.05) is 30.3 Å². The van der Waals surface area contributed by atoms with Crippen LogP contribution in [-0.2, 0) is 9.53 Å². The maximum atomic E-state index is 12.4. The molecule has 27 heavy (non-hydrogen) atoms. The molecule has 0 spiro atoms. The molecular formula is C22H28N2O3. The van der Waals surface area contributed by atoms with Crippen LogP contribution in [-0.4, -0.2) is 59.5 Å². The van der Waals surface area contributed by atoms with Gasteiger partial charge in [0, 0.05) is 44.6 Å². The summed E-state index contributed by atoms with van der Waals surface area (Å²) < 4.78 is 5.85. The van der Waals surface area contributed by atoms with E-state index >= 15 is 0 Å². The first-order valence-corrected chi connectivity index (χ1v) is 10.5. The molecule has 1 amide bonds. The summed E-state index contributed by atoms with van der Waals surface area (Å²) in [5, 5.41) is 0. The van der Waals surface area contributed by atoms with Gasteiger partial charge in [-0.2, -0.15) is 0 Å². The molecule has 0 aliphatic carbocycles. The zero-order valence-corrected chi connectivity index (χ0v) is 15.8. The quantitative estimate of drug-likeness (QED) is 0.753. The normalized spacial score (nSPS) is 35.9. The van der Waals surface area contributed by atoms with Crippen LogP contribution < -0.4 is 0 Å². The summed E-state index contributed by atoms with van der Waals surface area (Å²) in [5.74, 6) is 1.31. The molecule has 5 rings (SSSR count). The van der Waals surface area contributed by atoms with Gasteiger partial charge in [-0.15, -0.1) is 0 Å². The number of fused-ring (bicyclic) bond motifs is 6. The number of ether oxygens (including phenoxy) is 1. The summed E-state index contributed by atoms with van der Waals surface area (Å²) in [6.07, 6.45) is 6.01. The number of amides is 1. The van der Waals surface area contributed by atoms with Crippen LogP contribution >= 0.6 is 0 Å². The highest BCUT2D eigenvalue weighted by Crippen LogP contribution is 2.43. The number of hydrogen-bond donors (Lipinski definition) is 0. The number of nitrogens with zero attached hydrogens (tertiary/aromatic N) is 2. The van der Waals surface area contributed by atoms with Gasteiger partial charge in [0.2, 0.25) is 5.91 Å². The molecule has 0 N–H and O–H groups in total. The molecule has 4 aliphatic rings. The minimum absolute atomic E-state index is 0.00899. The Bertz CT molecular complexity index is 722. The van der Waals surface area contributed by atoms with Gasteiger partial charge in [-0.05, 0) is 49.7 Å². The molecule has 2 bridgehead atoms. The minimum atomic E-state index is -0.211. The molecule has 144 valence electrons. The van der Waals surface area contributed by atoms with Gasteiger partial charge in [-0.1, -0.05) is 18.2 Å². The Kier molecular flexibility index (Phi) is 4.43. The van der Waals surface area contributed by atoms with Gasteiger partial charge < -0.3 is 9.64 Å². The molecule has 4 fully saturated rings. The third-order valence-electron chi connectivity index (χ3n) is 7.20. The summed E-state index contributed by atoms with van der Waals surface area (Å²) in [7, 11) is 0. The number of benzene rings is 1. The first kappa shape index (κ1) is 17.2. The van der Waals surface area contributed by atoms with Crippen molar-refractivity contribution in [3.05, 3.63) is 35.9 Å². The van der Waals surface area contributed by atoms with E-state index in [4.69, 9.17) is 4.74 Å². The highest BCUT2D eigenvalue weighted by Gasteiger charge is 2.49. The summed E-state index contributed by atoms with van der Waals surface area (Å²) in [6.45, 7) is 3.01. The highest BCUT2D eigenvalue weighted by atomic mass is 16.5.